The number of rotatable bonds is 4. The zero-order chi connectivity index (χ0) is 19.6. The first-order chi connectivity index (χ1) is 12.7. The second-order valence-electron chi connectivity index (χ2n) is 7.17. The number of amides is 1. The van der Waals surface area contributed by atoms with Crippen LogP contribution in [0.25, 0.3) is 0 Å². The molecule has 1 amide bonds. The highest BCUT2D eigenvalue weighted by atomic mass is 32.1. The third-order valence-corrected chi connectivity index (χ3v) is 5.22. The molecule has 9 heteroatoms. The maximum atomic E-state index is 12.5. The van der Waals surface area contributed by atoms with Crippen molar-refractivity contribution in [2.24, 2.45) is 11.8 Å². The molecule has 5 nitrogen and oxygen atoms in total. The van der Waals surface area contributed by atoms with Crippen molar-refractivity contribution in [3.8, 4) is 0 Å². The van der Waals surface area contributed by atoms with E-state index < -0.39 is 17.8 Å². The third kappa shape index (κ3) is 5.26. The van der Waals surface area contributed by atoms with Crippen molar-refractivity contribution in [3.05, 3.63) is 40.7 Å². The van der Waals surface area contributed by atoms with Crippen LogP contribution in [-0.4, -0.2) is 33.9 Å². The van der Waals surface area contributed by atoms with Crippen LogP contribution in [0.5, 0.6) is 0 Å². The molecule has 0 spiro atoms. The Kier molecular flexibility index (Phi) is 5.81. The lowest BCUT2D eigenvalue weighted by atomic mass is 9.92. The molecule has 0 radical (unpaired) electrons. The Morgan fingerprint density at radius 3 is 2.59 bits per heavy atom. The fraction of sp³-hybridized carbons (Fsp3) is 0.500. The summed E-state index contributed by atoms with van der Waals surface area (Å²) in [4.78, 5) is 22.3. The van der Waals surface area contributed by atoms with E-state index in [0.717, 1.165) is 43.7 Å². The Morgan fingerprint density at radius 2 is 2.00 bits per heavy atom. The Hall–Kier alpha value is -2.00. The fourth-order valence-corrected chi connectivity index (χ4v) is 4.15. The summed E-state index contributed by atoms with van der Waals surface area (Å²) in [6, 6.07) is 1.90. The van der Waals surface area contributed by atoms with Gasteiger partial charge < -0.3 is 0 Å². The van der Waals surface area contributed by atoms with Crippen molar-refractivity contribution in [3.63, 3.8) is 0 Å². The minimum absolute atomic E-state index is 0.0541. The summed E-state index contributed by atoms with van der Waals surface area (Å²) in [5, 5.41) is 4.94. The van der Waals surface area contributed by atoms with Crippen LogP contribution in [0.1, 0.15) is 42.0 Å². The van der Waals surface area contributed by atoms with E-state index in [1.807, 2.05) is 5.38 Å². The van der Waals surface area contributed by atoms with Crippen molar-refractivity contribution in [2.45, 2.75) is 33.0 Å². The lowest BCUT2D eigenvalue weighted by Gasteiger charge is -2.34. The van der Waals surface area contributed by atoms with Crippen LogP contribution >= 0.6 is 11.3 Å². The molecular formula is C18H21F3N4OS. The zero-order valence-electron chi connectivity index (χ0n) is 15.1. The maximum Gasteiger partial charge on any atom is 0.433 e. The number of nitrogens with one attached hydrogen (secondary N) is 1. The molecule has 3 heterocycles. The summed E-state index contributed by atoms with van der Waals surface area (Å²) >= 11 is 1.30. The van der Waals surface area contributed by atoms with Crippen molar-refractivity contribution in [2.75, 3.05) is 18.4 Å². The topological polar surface area (TPSA) is 58.1 Å². The molecule has 146 valence electrons. The molecule has 1 N–H and O–H groups in total. The maximum absolute atomic E-state index is 12.5. The van der Waals surface area contributed by atoms with E-state index in [-0.39, 0.29) is 5.56 Å². The number of piperidine rings is 1. The molecule has 27 heavy (non-hydrogen) atoms. The molecule has 0 aliphatic carbocycles. The number of aromatic nitrogens is 2. The Morgan fingerprint density at radius 1 is 1.30 bits per heavy atom. The van der Waals surface area contributed by atoms with Gasteiger partial charge in [0.2, 0.25) is 0 Å². The summed E-state index contributed by atoms with van der Waals surface area (Å²) < 4.78 is 37.6. The van der Waals surface area contributed by atoms with Gasteiger partial charge in [-0.05, 0) is 30.4 Å². The second kappa shape index (κ2) is 7.93. The minimum atomic E-state index is -4.53. The highest BCUT2D eigenvalue weighted by molar-refractivity contribution is 7.13. The van der Waals surface area contributed by atoms with E-state index >= 15 is 0 Å². The van der Waals surface area contributed by atoms with Crippen LogP contribution < -0.4 is 5.32 Å². The molecule has 1 aliphatic rings. The predicted octanol–water partition coefficient (Wildman–Crippen LogP) is 4.29. The van der Waals surface area contributed by atoms with Gasteiger partial charge in [0.05, 0.1) is 11.3 Å². The lowest BCUT2D eigenvalue weighted by Crippen LogP contribution is -2.38. The van der Waals surface area contributed by atoms with Crippen LogP contribution in [-0.2, 0) is 12.7 Å². The smallest absolute Gasteiger partial charge is 0.298 e. The number of anilines is 1. The number of hydrogen-bond donors (Lipinski definition) is 1. The first-order valence-electron chi connectivity index (χ1n) is 8.72. The van der Waals surface area contributed by atoms with Crippen molar-refractivity contribution < 1.29 is 18.0 Å². The van der Waals surface area contributed by atoms with Crippen LogP contribution in [0.15, 0.2) is 23.7 Å². The largest absolute Gasteiger partial charge is 0.433 e. The van der Waals surface area contributed by atoms with Crippen LogP contribution in [0.4, 0.5) is 18.3 Å². The van der Waals surface area contributed by atoms with Crippen LogP contribution in [0.3, 0.4) is 0 Å². The van der Waals surface area contributed by atoms with Crippen LogP contribution in [0, 0.1) is 11.8 Å². The van der Waals surface area contributed by atoms with E-state index in [0.29, 0.717) is 17.0 Å². The summed E-state index contributed by atoms with van der Waals surface area (Å²) in [5.74, 6) is 0.773. The molecule has 2 atom stereocenters. The van der Waals surface area contributed by atoms with E-state index in [9.17, 15) is 18.0 Å². The number of carbonyl (C=O) groups is 1. The van der Waals surface area contributed by atoms with Gasteiger partial charge >= 0.3 is 6.18 Å². The molecule has 0 saturated carbocycles. The first kappa shape index (κ1) is 19.8. The van der Waals surface area contributed by atoms with Crippen molar-refractivity contribution >= 4 is 22.4 Å². The third-order valence-electron chi connectivity index (χ3n) is 4.42. The molecule has 0 aromatic carbocycles. The van der Waals surface area contributed by atoms with Crippen LogP contribution in [0.2, 0.25) is 0 Å². The Labute approximate surface area is 159 Å². The molecular weight excluding hydrogens is 377 g/mol. The Balaban J connectivity index is 1.59. The first-order valence-corrected chi connectivity index (χ1v) is 9.60. The van der Waals surface area contributed by atoms with Gasteiger partial charge in [-0.1, -0.05) is 13.8 Å². The van der Waals surface area contributed by atoms with Gasteiger partial charge in [0.15, 0.2) is 5.13 Å². The molecule has 1 saturated heterocycles. The average Bonchev–Trinajstić information content (AvgIpc) is 3.00. The van der Waals surface area contributed by atoms with Crippen molar-refractivity contribution in [1.29, 1.82) is 0 Å². The number of nitrogens with zero attached hydrogens (tertiary/aromatic N) is 3. The van der Waals surface area contributed by atoms with Gasteiger partial charge in [0.1, 0.15) is 5.69 Å². The average molecular weight is 398 g/mol. The van der Waals surface area contributed by atoms with E-state index in [1.54, 1.807) is 0 Å². The van der Waals surface area contributed by atoms with Gasteiger partial charge in [0.25, 0.3) is 5.91 Å². The van der Waals surface area contributed by atoms with Gasteiger partial charge in [-0.2, -0.15) is 13.2 Å². The molecule has 2 aromatic rings. The summed E-state index contributed by atoms with van der Waals surface area (Å²) in [6.07, 6.45) is -2.37. The van der Waals surface area contributed by atoms with Crippen molar-refractivity contribution in [1.82, 2.24) is 14.9 Å². The number of thiazole rings is 1. The summed E-state index contributed by atoms with van der Waals surface area (Å²) in [5.41, 5.74) is -0.0962. The molecule has 2 aromatic heterocycles. The highest BCUT2D eigenvalue weighted by Gasteiger charge is 2.32. The Bertz CT molecular complexity index is 781. The monoisotopic (exact) mass is 398 g/mol. The fourth-order valence-electron chi connectivity index (χ4n) is 3.45. The number of likely N-dealkylation sites (tertiary alicyclic amines) is 1. The quantitative estimate of drug-likeness (QED) is 0.835. The molecule has 0 unspecified atom stereocenters. The summed E-state index contributed by atoms with van der Waals surface area (Å²) in [7, 11) is 0. The van der Waals surface area contributed by atoms with E-state index in [2.05, 4.69) is 34.0 Å². The SMILES string of the molecule is C[C@@H]1C[C@H](C)CN(Cc2csc(NC(=O)c3ccc(C(F)(F)F)nc3)n2)C1. The second-order valence-corrected chi connectivity index (χ2v) is 8.03. The molecule has 1 aliphatic heterocycles. The highest BCUT2D eigenvalue weighted by Crippen LogP contribution is 2.27. The number of pyridine rings is 1. The minimum Gasteiger partial charge on any atom is -0.298 e. The zero-order valence-corrected chi connectivity index (χ0v) is 15.9. The molecule has 3 rings (SSSR count). The van der Waals surface area contributed by atoms with Gasteiger partial charge in [0, 0.05) is 31.2 Å². The van der Waals surface area contributed by atoms with E-state index in [1.165, 1.54) is 17.8 Å². The molecule has 0 bridgehead atoms. The molecule has 1 fully saturated rings. The number of hydrogen-bond acceptors (Lipinski definition) is 5. The number of alkyl halides is 3. The predicted molar refractivity (Wildman–Crippen MR) is 97.5 cm³/mol. The lowest BCUT2D eigenvalue weighted by molar-refractivity contribution is -0.141. The number of halogens is 3. The standard InChI is InChI=1S/C18H21F3N4OS/c1-11-5-12(2)8-25(7-11)9-14-10-27-17(23-14)24-16(26)13-3-4-15(22-6-13)18(19,20)21/h3-4,6,10-12H,5,7-9H2,1-2H3,(H,23,24,26)/t11-,12+. The van der Waals surface area contributed by atoms with E-state index in [4.69, 9.17) is 0 Å². The summed E-state index contributed by atoms with van der Waals surface area (Å²) in [6.45, 7) is 7.27. The van der Waals surface area contributed by atoms with Gasteiger partial charge in [-0.3, -0.25) is 20.0 Å². The number of carbonyl (C=O) groups excluding carboxylic acids is 1. The normalized spacial score (nSPS) is 21.2. The van der Waals surface area contributed by atoms with Gasteiger partial charge in [-0.15, -0.1) is 11.3 Å². The van der Waals surface area contributed by atoms with Gasteiger partial charge in [-0.25, -0.2) is 4.98 Å².